The van der Waals surface area contributed by atoms with Crippen molar-refractivity contribution in [2.45, 2.75) is 6.42 Å². The molecule has 3 nitrogen and oxygen atoms in total. The van der Waals surface area contributed by atoms with Gasteiger partial charge in [0.05, 0.1) is 0 Å². The molecule has 0 radical (unpaired) electrons. The summed E-state index contributed by atoms with van der Waals surface area (Å²) in [4.78, 5) is 0. The maximum absolute atomic E-state index is 9.77. The molecule has 3 aromatic carbocycles. The fraction of sp³-hybridized carbons (Fsp3) is 0.0526. The van der Waals surface area contributed by atoms with Crippen molar-refractivity contribution in [1.82, 2.24) is 0 Å². The molecule has 0 unspecified atom stereocenters. The standard InChI is InChI=1S/C17H13O3.C2H3.U/c18-14-5-1-11(2-6-14)9-12-3-7-15-13(10-12)4-8-16(19)17(15)20;1-2;/h1-2,4-8,10,18-20H,9H2;1H,2H2;/q2*-1;+2. The zero-order valence-corrected chi connectivity index (χ0v) is 16.6. The Hall–Kier alpha value is -1.89. The van der Waals surface area contributed by atoms with E-state index < -0.39 is 0 Å². The third kappa shape index (κ3) is 4.54. The van der Waals surface area contributed by atoms with Crippen LogP contribution in [-0.2, 0) is 6.42 Å². The van der Waals surface area contributed by atoms with Crippen molar-refractivity contribution < 1.29 is 46.4 Å². The Bertz CT molecular complexity index is 782. The summed E-state index contributed by atoms with van der Waals surface area (Å²) in [5.74, 6) is 0.00348. The van der Waals surface area contributed by atoms with Gasteiger partial charge in [0.25, 0.3) is 0 Å². The van der Waals surface area contributed by atoms with E-state index in [0.29, 0.717) is 11.8 Å². The molecule has 0 aromatic heterocycles. The molecule has 3 rings (SSSR count). The fourth-order valence-corrected chi connectivity index (χ4v) is 2.22. The van der Waals surface area contributed by atoms with Crippen molar-refractivity contribution >= 4 is 10.8 Å². The van der Waals surface area contributed by atoms with Gasteiger partial charge in [-0.3, -0.25) is 6.58 Å². The van der Waals surface area contributed by atoms with Crippen LogP contribution in [0.3, 0.4) is 0 Å². The predicted molar refractivity (Wildman–Crippen MR) is 87.0 cm³/mol. The van der Waals surface area contributed by atoms with Gasteiger partial charge < -0.3 is 21.9 Å². The van der Waals surface area contributed by atoms with Crippen molar-refractivity contribution in [2.24, 2.45) is 0 Å². The molecule has 0 saturated carbocycles. The molecule has 114 valence electrons. The van der Waals surface area contributed by atoms with Crippen molar-refractivity contribution in [3.8, 4) is 17.2 Å². The maximum atomic E-state index is 9.77. The monoisotopic (exact) mass is 530 g/mol. The minimum Gasteiger partial charge on any atom is -0.521 e. The molecule has 0 heterocycles. The smallest absolute Gasteiger partial charge is 0.521 e. The minimum atomic E-state index is -0.128. The zero-order valence-electron chi connectivity index (χ0n) is 12.5. The second kappa shape index (κ2) is 8.67. The second-order valence-corrected chi connectivity index (χ2v) is 4.74. The van der Waals surface area contributed by atoms with Crippen LogP contribution < -0.4 is 0 Å². The van der Waals surface area contributed by atoms with E-state index >= 15 is 0 Å². The Kier molecular flexibility index (Phi) is 7.22. The molecule has 3 aromatic rings. The molecule has 0 fully saturated rings. The number of phenolic OH excluding ortho intramolecular Hbond substituents is 3. The van der Waals surface area contributed by atoms with Crippen LogP contribution in [0.1, 0.15) is 11.1 Å². The van der Waals surface area contributed by atoms with E-state index in [0.717, 1.165) is 16.5 Å². The van der Waals surface area contributed by atoms with Gasteiger partial charge in [-0.05, 0) is 30.2 Å². The maximum Gasteiger partial charge on any atom is 2.00 e. The molecule has 0 saturated heterocycles. The van der Waals surface area contributed by atoms with E-state index in [4.69, 9.17) is 0 Å². The molecule has 23 heavy (non-hydrogen) atoms. The van der Waals surface area contributed by atoms with E-state index in [1.165, 1.54) is 6.07 Å². The van der Waals surface area contributed by atoms with Crippen LogP contribution >= 0.6 is 0 Å². The van der Waals surface area contributed by atoms with Crippen LogP contribution in [0.2, 0.25) is 0 Å². The number of hydrogen-bond donors (Lipinski definition) is 3. The normalized spacial score (nSPS) is 9.57. The van der Waals surface area contributed by atoms with Gasteiger partial charge in [0.1, 0.15) is 17.2 Å². The van der Waals surface area contributed by atoms with Gasteiger partial charge in [-0.2, -0.15) is 23.8 Å². The Morgan fingerprint density at radius 1 is 0.957 bits per heavy atom. The first-order valence-corrected chi connectivity index (χ1v) is 6.67. The summed E-state index contributed by atoms with van der Waals surface area (Å²) in [6.45, 7) is 7.00. The van der Waals surface area contributed by atoms with Crippen LogP contribution in [0.25, 0.3) is 10.8 Å². The Morgan fingerprint density at radius 2 is 1.61 bits per heavy atom. The molecule has 0 spiro atoms. The van der Waals surface area contributed by atoms with Crippen molar-refractivity contribution in [3.63, 3.8) is 0 Å². The van der Waals surface area contributed by atoms with E-state index in [-0.39, 0.29) is 48.4 Å². The van der Waals surface area contributed by atoms with Crippen molar-refractivity contribution in [1.29, 1.82) is 0 Å². The van der Waals surface area contributed by atoms with Gasteiger partial charge in [-0.15, -0.1) is 5.39 Å². The van der Waals surface area contributed by atoms with Gasteiger partial charge in [-0.1, -0.05) is 23.6 Å². The molecule has 0 aliphatic rings. The van der Waals surface area contributed by atoms with Crippen LogP contribution in [0.15, 0.2) is 55.1 Å². The number of rotatable bonds is 2. The molecule has 4 heteroatoms. The average Bonchev–Trinajstić information content (AvgIpc) is 2.55. The first kappa shape index (κ1) is 19.2. The second-order valence-electron chi connectivity index (χ2n) is 4.74. The predicted octanol–water partition coefficient (Wildman–Crippen LogP) is 3.95. The number of benzene rings is 3. The van der Waals surface area contributed by atoms with Gasteiger partial charge in [0.15, 0.2) is 0 Å². The molecule has 0 aliphatic carbocycles. The third-order valence-corrected chi connectivity index (χ3v) is 3.29. The van der Waals surface area contributed by atoms with Gasteiger partial charge >= 0.3 is 31.1 Å². The van der Waals surface area contributed by atoms with Crippen LogP contribution in [-0.4, -0.2) is 15.3 Å². The van der Waals surface area contributed by atoms with Crippen LogP contribution in [0.5, 0.6) is 17.2 Å². The van der Waals surface area contributed by atoms with Gasteiger partial charge in [0, 0.05) is 0 Å². The average molecular weight is 530 g/mol. The topological polar surface area (TPSA) is 60.7 Å². The molecule has 0 amide bonds. The zero-order chi connectivity index (χ0) is 16.1. The van der Waals surface area contributed by atoms with E-state index in [1.54, 1.807) is 24.3 Å². The summed E-state index contributed by atoms with van der Waals surface area (Å²) >= 11 is 0. The van der Waals surface area contributed by atoms with Crippen LogP contribution in [0.4, 0.5) is 0 Å². The largest absolute Gasteiger partial charge is 2.00 e. The third-order valence-electron chi connectivity index (χ3n) is 3.29. The molecule has 0 atom stereocenters. The molecular weight excluding hydrogens is 514 g/mol. The Labute approximate surface area is 159 Å². The fourth-order valence-electron chi connectivity index (χ4n) is 2.22. The summed E-state index contributed by atoms with van der Waals surface area (Å²) in [5.41, 5.74) is 2.05. The van der Waals surface area contributed by atoms with Gasteiger partial charge in [-0.25, -0.2) is 0 Å². The summed E-state index contributed by atoms with van der Waals surface area (Å²) in [7, 11) is 0. The number of phenols is 3. The summed E-state index contributed by atoms with van der Waals surface area (Å²) in [5, 5.41) is 29.9. The molecular formula is C19H16O3U. The van der Waals surface area contributed by atoms with E-state index in [1.807, 2.05) is 18.2 Å². The molecule has 0 bridgehead atoms. The summed E-state index contributed by atoms with van der Waals surface area (Å²) in [6, 6.07) is 17.0. The first-order valence-electron chi connectivity index (χ1n) is 6.67. The Balaban J connectivity index is 0.000000849. The SMILES string of the molecule is Oc1ccc(Cc2[c-]cc3c(O)c(O)ccc3c2)cc1.[CH-]=C.[U+2]. The van der Waals surface area contributed by atoms with Crippen LogP contribution in [0, 0.1) is 43.8 Å². The summed E-state index contributed by atoms with van der Waals surface area (Å²) < 4.78 is 0. The van der Waals surface area contributed by atoms with E-state index in [9.17, 15) is 15.3 Å². The number of aromatic hydroxyl groups is 3. The van der Waals surface area contributed by atoms with Crippen molar-refractivity contribution in [2.75, 3.05) is 0 Å². The quantitative estimate of drug-likeness (QED) is 0.348. The number of hydrogen-bond acceptors (Lipinski definition) is 3. The Morgan fingerprint density at radius 3 is 2.26 bits per heavy atom. The van der Waals surface area contributed by atoms with Gasteiger partial charge in [0.2, 0.25) is 0 Å². The minimum absolute atomic E-state index is 0. The molecule has 0 aliphatic heterocycles. The summed E-state index contributed by atoms with van der Waals surface area (Å²) in [6.07, 6.45) is 0.692. The number of fused-ring (bicyclic) bond motifs is 1. The first-order chi connectivity index (χ1) is 10.6. The van der Waals surface area contributed by atoms with E-state index in [2.05, 4.69) is 19.2 Å². The van der Waals surface area contributed by atoms with Crippen molar-refractivity contribution in [3.05, 3.63) is 78.9 Å². The molecule has 3 N–H and O–H groups in total.